The number of rotatable bonds is 5. The number of hydrogen-bond donors (Lipinski definition) is 1. The number of aromatic nitrogens is 2. The molecule has 0 radical (unpaired) electrons. The van der Waals surface area contributed by atoms with Crippen LogP contribution in [0.25, 0.3) is 5.65 Å². The molecule has 20 heavy (non-hydrogen) atoms. The lowest BCUT2D eigenvalue weighted by Gasteiger charge is -2.28. The largest absolute Gasteiger partial charge is 0.352 e. The van der Waals surface area contributed by atoms with E-state index < -0.39 is 0 Å². The van der Waals surface area contributed by atoms with Crippen molar-refractivity contribution in [3.63, 3.8) is 0 Å². The number of nitrogens with two attached hydrogens (primary N) is 1. The molecule has 0 saturated heterocycles. The highest BCUT2D eigenvalue weighted by Gasteiger charge is 2.26. The van der Waals surface area contributed by atoms with Crippen LogP contribution in [0, 0.1) is 0 Å². The molecule has 0 atom stereocenters. The Morgan fingerprint density at radius 3 is 2.85 bits per heavy atom. The Hall–Kier alpha value is -1.55. The number of fused-ring (bicyclic) bond motifs is 1. The summed E-state index contributed by atoms with van der Waals surface area (Å²) in [7, 11) is 0. The lowest BCUT2D eigenvalue weighted by molar-refractivity contribution is 0.611. The van der Waals surface area contributed by atoms with Crippen molar-refractivity contribution in [2.24, 2.45) is 5.73 Å². The van der Waals surface area contributed by atoms with E-state index in [1.807, 2.05) is 6.07 Å². The molecular weight excluding hydrogens is 248 g/mol. The Labute approximate surface area is 120 Å². The summed E-state index contributed by atoms with van der Waals surface area (Å²) in [6.07, 6.45) is 8.26. The monoisotopic (exact) mass is 272 g/mol. The number of hydrogen-bond acceptors (Lipinski definition) is 3. The second-order valence-electron chi connectivity index (χ2n) is 5.57. The predicted octanol–water partition coefficient (Wildman–Crippen LogP) is 2.60. The van der Waals surface area contributed by atoms with Gasteiger partial charge in [0.25, 0.3) is 0 Å². The standard InChI is InChI=1S/C16H24N4/c1-2-19(13-7-3-4-8-13)16-14(10-11-17)20-12-6-5-9-15(20)18-16/h5-6,9,12-13H,2-4,7-8,10-11,17H2,1H3. The van der Waals surface area contributed by atoms with Crippen molar-refractivity contribution in [3.05, 3.63) is 30.1 Å². The maximum atomic E-state index is 5.82. The first-order valence-corrected chi connectivity index (χ1v) is 7.77. The van der Waals surface area contributed by atoms with E-state index in [0.717, 1.165) is 24.4 Å². The maximum Gasteiger partial charge on any atom is 0.151 e. The van der Waals surface area contributed by atoms with Crippen molar-refractivity contribution in [3.8, 4) is 0 Å². The van der Waals surface area contributed by atoms with Gasteiger partial charge in [-0.15, -0.1) is 0 Å². The average molecular weight is 272 g/mol. The molecule has 1 fully saturated rings. The Morgan fingerprint density at radius 1 is 1.35 bits per heavy atom. The van der Waals surface area contributed by atoms with Gasteiger partial charge in [-0.25, -0.2) is 4.98 Å². The van der Waals surface area contributed by atoms with Gasteiger partial charge in [0.05, 0.1) is 5.69 Å². The minimum absolute atomic E-state index is 0.654. The number of pyridine rings is 1. The smallest absolute Gasteiger partial charge is 0.151 e. The van der Waals surface area contributed by atoms with Crippen molar-refractivity contribution in [1.29, 1.82) is 0 Å². The summed E-state index contributed by atoms with van der Waals surface area (Å²) in [6, 6.07) is 6.84. The molecular formula is C16H24N4. The summed E-state index contributed by atoms with van der Waals surface area (Å²) in [4.78, 5) is 7.37. The summed E-state index contributed by atoms with van der Waals surface area (Å²) in [5.74, 6) is 1.15. The van der Waals surface area contributed by atoms with Crippen molar-refractivity contribution in [2.45, 2.75) is 45.1 Å². The zero-order valence-corrected chi connectivity index (χ0v) is 12.3. The molecule has 0 aromatic carbocycles. The van der Waals surface area contributed by atoms with Crippen LogP contribution in [-0.2, 0) is 6.42 Å². The normalized spacial score (nSPS) is 16.1. The third-order valence-corrected chi connectivity index (χ3v) is 4.37. The Bertz CT molecular complexity index is 569. The minimum atomic E-state index is 0.654. The van der Waals surface area contributed by atoms with Gasteiger partial charge in [-0.3, -0.25) is 0 Å². The first kappa shape index (κ1) is 13.4. The van der Waals surface area contributed by atoms with Crippen molar-refractivity contribution < 1.29 is 0 Å². The van der Waals surface area contributed by atoms with E-state index >= 15 is 0 Å². The Morgan fingerprint density at radius 2 is 2.15 bits per heavy atom. The number of imidazole rings is 1. The van der Waals surface area contributed by atoms with E-state index in [4.69, 9.17) is 10.7 Å². The first-order chi connectivity index (χ1) is 9.85. The average Bonchev–Trinajstić information content (AvgIpc) is 3.10. The van der Waals surface area contributed by atoms with Crippen LogP contribution in [-0.4, -0.2) is 28.5 Å². The van der Waals surface area contributed by atoms with Crippen LogP contribution in [0.2, 0.25) is 0 Å². The predicted molar refractivity (Wildman–Crippen MR) is 83.2 cm³/mol. The van der Waals surface area contributed by atoms with Crippen LogP contribution in [0.3, 0.4) is 0 Å². The molecule has 2 heterocycles. The summed E-state index contributed by atoms with van der Waals surface area (Å²) in [6.45, 7) is 3.92. The summed E-state index contributed by atoms with van der Waals surface area (Å²) in [5, 5.41) is 0. The van der Waals surface area contributed by atoms with E-state index in [2.05, 4.69) is 34.6 Å². The van der Waals surface area contributed by atoms with Gasteiger partial charge in [0.1, 0.15) is 5.65 Å². The summed E-state index contributed by atoms with van der Waals surface area (Å²) < 4.78 is 2.19. The SMILES string of the molecule is CCN(c1nc2ccccn2c1CCN)C1CCCC1. The zero-order chi connectivity index (χ0) is 13.9. The van der Waals surface area contributed by atoms with Gasteiger partial charge in [-0.1, -0.05) is 18.9 Å². The fourth-order valence-corrected chi connectivity index (χ4v) is 3.43. The van der Waals surface area contributed by atoms with Crippen molar-refractivity contribution in [1.82, 2.24) is 9.38 Å². The summed E-state index contributed by atoms with van der Waals surface area (Å²) >= 11 is 0. The van der Waals surface area contributed by atoms with E-state index in [1.165, 1.54) is 31.4 Å². The maximum absolute atomic E-state index is 5.82. The highest BCUT2D eigenvalue weighted by molar-refractivity contribution is 5.56. The molecule has 3 rings (SSSR count). The summed E-state index contributed by atoms with van der Waals surface area (Å²) in [5.41, 5.74) is 8.11. The lowest BCUT2D eigenvalue weighted by atomic mass is 10.2. The van der Waals surface area contributed by atoms with Crippen molar-refractivity contribution in [2.75, 3.05) is 18.0 Å². The number of nitrogens with zero attached hydrogens (tertiary/aromatic N) is 3. The van der Waals surface area contributed by atoms with Crippen LogP contribution in [0.1, 0.15) is 38.3 Å². The topological polar surface area (TPSA) is 46.6 Å². The van der Waals surface area contributed by atoms with E-state index in [-0.39, 0.29) is 0 Å². The fourth-order valence-electron chi connectivity index (χ4n) is 3.43. The molecule has 2 aromatic rings. The third-order valence-electron chi connectivity index (χ3n) is 4.37. The first-order valence-electron chi connectivity index (χ1n) is 7.77. The molecule has 2 aromatic heterocycles. The fraction of sp³-hybridized carbons (Fsp3) is 0.562. The van der Waals surface area contributed by atoms with Gasteiger partial charge in [0.15, 0.2) is 5.82 Å². The van der Waals surface area contributed by atoms with E-state index in [1.54, 1.807) is 0 Å². The van der Waals surface area contributed by atoms with Gasteiger partial charge in [0.2, 0.25) is 0 Å². The molecule has 4 nitrogen and oxygen atoms in total. The van der Waals surface area contributed by atoms with Crippen LogP contribution >= 0.6 is 0 Å². The van der Waals surface area contributed by atoms with Crippen LogP contribution in [0.15, 0.2) is 24.4 Å². The molecule has 1 saturated carbocycles. The quantitative estimate of drug-likeness (QED) is 0.910. The second-order valence-corrected chi connectivity index (χ2v) is 5.57. The van der Waals surface area contributed by atoms with Gasteiger partial charge in [-0.05, 0) is 38.4 Å². The second kappa shape index (κ2) is 5.83. The van der Waals surface area contributed by atoms with Gasteiger partial charge in [0, 0.05) is 25.2 Å². The number of anilines is 1. The molecule has 108 valence electrons. The Kier molecular flexibility index (Phi) is 3.92. The van der Waals surface area contributed by atoms with Gasteiger partial charge in [-0.2, -0.15) is 0 Å². The van der Waals surface area contributed by atoms with Crippen LogP contribution in [0.4, 0.5) is 5.82 Å². The van der Waals surface area contributed by atoms with Crippen LogP contribution < -0.4 is 10.6 Å². The van der Waals surface area contributed by atoms with Gasteiger partial charge < -0.3 is 15.0 Å². The van der Waals surface area contributed by atoms with E-state index in [9.17, 15) is 0 Å². The molecule has 0 aliphatic heterocycles. The molecule has 0 spiro atoms. The van der Waals surface area contributed by atoms with Gasteiger partial charge >= 0.3 is 0 Å². The molecule has 1 aliphatic rings. The zero-order valence-electron chi connectivity index (χ0n) is 12.3. The molecule has 4 heteroatoms. The lowest BCUT2D eigenvalue weighted by Crippen LogP contribution is -2.34. The molecule has 0 unspecified atom stereocenters. The van der Waals surface area contributed by atoms with Crippen LogP contribution in [0.5, 0.6) is 0 Å². The Balaban J connectivity index is 2.05. The van der Waals surface area contributed by atoms with Crippen molar-refractivity contribution >= 4 is 11.5 Å². The third kappa shape index (κ3) is 2.29. The molecule has 1 aliphatic carbocycles. The molecule has 0 bridgehead atoms. The minimum Gasteiger partial charge on any atom is -0.352 e. The highest BCUT2D eigenvalue weighted by atomic mass is 15.3. The highest BCUT2D eigenvalue weighted by Crippen LogP contribution is 2.30. The molecule has 0 amide bonds. The molecule has 2 N–H and O–H groups in total. The van der Waals surface area contributed by atoms with E-state index in [0.29, 0.717) is 12.6 Å².